The van der Waals surface area contributed by atoms with E-state index >= 15 is 0 Å². The monoisotopic (exact) mass is 438 g/mol. The van der Waals surface area contributed by atoms with Crippen molar-refractivity contribution in [1.82, 2.24) is 19.5 Å². The number of methoxy groups -OCH3 is 1. The first kappa shape index (κ1) is 21.9. The number of amides is 1. The second-order valence-corrected chi connectivity index (χ2v) is 9.04. The lowest BCUT2D eigenvalue weighted by Gasteiger charge is -2.36. The third-order valence-corrected chi connectivity index (χ3v) is 6.98. The average molecular weight is 438 g/mol. The Morgan fingerprint density at radius 3 is 2.52 bits per heavy atom. The standard InChI is InChI=1S/C22H29F3N4O2/c1-13-8-9-28(21(30)31-3)12-17(13)19-10-14(2)26-20-11-18(27-29(19)20)15-4-6-16(7-5-15)22(23,24)25/h10-11,13,15-17H,4-9,12H2,1-3H3/t13-,15?,16?,17-/m0/s1. The quantitative estimate of drug-likeness (QED) is 0.657. The molecule has 1 saturated carbocycles. The van der Waals surface area contributed by atoms with Crippen LogP contribution < -0.4 is 0 Å². The summed E-state index contributed by atoms with van der Waals surface area (Å²) in [7, 11) is 1.39. The van der Waals surface area contributed by atoms with Crippen molar-refractivity contribution in [1.29, 1.82) is 0 Å². The van der Waals surface area contributed by atoms with Crippen molar-refractivity contribution >= 4 is 11.7 Å². The minimum atomic E-state index is -4.11. The number of aryl methyl sites for hydroxylation is 1. The summed E-state index contributed by atoms with van der Waals surface area (Å²) in [5.41, 5.74) is 3.37. The van der Waals surface area contributed by atoms with Crippen molar-refractivity contribution in [3.05, 3.63) is 29.2 Å². The summed E-state index contributed by atoms with van der Waals surface area (Å²) in [6.45, 7) is 5.29. The number of nitrogens with zero attached hydrogens (tertiary/aromatic N) is 4. The van der Waals surface area contributed by atoms with Gasteiger partial charge in [0.15, 0.2) is 5.65 Å². The smallest absolute Gasteiger partial charge is 0.409 e. The Morgan fingerprint density at radius 2 is 1.87 bits per heavy atom. The lowest BCUT2D eigenvalue weighted by molar-refractivity contribution is -0.182. The molecule has 1 saturated heterocycles. The summed E-state index contributed by atoms with van der Waals surface area (Å²) in [6, 6.07) is 3.92. The topological polar surface area (TPSA) is 59.7 Å². The first-order valence-electron chi connectivity index (χ1n) is 10.9. The predicted octanol–water partition coefficient (Wildman–Crippen LogP) is 5.07. The molecule has 1 aliphatic heterocycles. The Kier molecular flexibility index (Phi) is 5.87. The van der Waals surface area contributed by atoms with Crippen molar-refractivity contribution in [2.45, 2.75) is 64.0 Å². The largest absolute Gasteiger partial charge is 0.453 e. The van der Waals surface area contributed by atoms with Crippen LogP contribution in [0.5, 0.6) is 0 Å². The van der Waals surface area contributed by atoms with Crippen molar-refractivity contribution < 1.29 is 22.7 Å². The van der Waals surface area contributed by atoms with Crippen LogP contribution in [0.1, 0.15) is 67.9 Å². The Morgan fingerprint density at radius 1 is 1.16 bits per heavy atom. The molecule has 170 valence electrons. The second-order valence-electron chi connectivity index (χ2n) is 9.04. The summed E-state index contributed by atoms with van der Waals surface area (Å²) in [6.07, 6.45) is -2.32. The van der Waals surface area contributed by atoms with Gasteiger partial charge in [-0.3, -0.25) is 0 Å². The molecule has 4 rings (SSSR count). The zero-order valence-electron chi connectivity index (χ0n) is 18.2. The molecule has 6 nitrogen and oxygen atoms in total. The van der Waals surface area contributed by atoms with E-state index in [1.54, 1.807) is 4.90 Å². The van der Waals surface area contributed by atoms with Crippen molar-refractivity contribution in [3.8, 4) is 0 Å². The Bertz CT molecular complexity index is 950. The molecule has 2 aromatic rings. The number of carbonyl (C=O) groups excluding carboxylic acids is 1. The molecule has 0 radical (unpaired) electrons. The molecular weight excluding hydrogens is 409 g/mol. The molecule has 2 fully saturated rings. The molecule has 2 atom stereocenters. The number of likely N-dealkylation sites (tertiary alicyclic amines) is 1. The van der Waals surface area contributed by atoms with E-state index in [9.17, 15) is 18.0 Å². The van der Waals surface area contributed by atoms with Gasteiger partial charge in [-0.2, -0.15) is 18.3 Å². The first-order chi connectivity index (χ1) is 14.7. The summed E-state index contributed by atoms with van der Waals surface area (Å²) in [5.74, 6) is -0.764. The van der Waals surface area contributed by atoms with E-state index in [-0.39, 0.29) is 30.8 Å². The fraction of sp³-hybridized carbons (Fsp3) is 0.682. The summed E-state index contributed by atoms with van der Waals surface area (Å²) >= 11 is 0. The normalized spacial score (nSPS) is 27.5. The zero-order chi connectivity index (χ0) is 22.3. The van der Waals surface area contributed by atoms with E-state index in [4.69, 9.17) is 9.84 Å². The zero-order valence-corrected chi connectivity index (χ0v) is 18.2. The van der Waals surface area contributed by atoms with Gasteiger partial charge in [-0.15, -0.1) is 0 Å². The molecule has 0 aromatic carbocycles. The van der Waals surface area contributed by atoms with Gasteiger partial charge in [0.1, 0.15) is 0 Å². The molecule has 2 aliphatic rings. The summed E-state index contributed by atoms with van der Waals surface area (Å²) in [4.78, 5) is 18.4. The van der Waals surface area contributed by atoms with Crippen molar-refractivity contribution in [2.75, 3.05) is 20.2 Å². The highest BCUT2D eigenvalue weighted by Crippen LogP contribution is 2.43. The first-order valence-corrected chi connectivity index (χ1v) is 10.9. The predicted molar refractivity (Wildman–Crippen MR) is 109 cm³/mol. The van der Waals surface area contributed by atoms with Crippen LogP contribution in [0.2, 0.25) is 0 Å². The van der Waals surface area contributed by atoms with Crippen LogP contribution in [-0.4, -0.2) is 52.0 Å². The molecular formula is C22H29F3N4O2. The van der Waals surface area contributed by atoms with Crippen LogP contribution in [0, 0.1) is 18.8 Å². The minimum Gasteiger partial charge on any atom is -0.453 e. The van der Waals surface area contributed by atoms with Gasteiger partial charge in [-0.1, -0.05) is 6.92 Å². The number of halogens is 3. The van der Waals surface area contributed by atoms with Gasteiger partial charge < -0.3 is 9.64 Å². The third kappa shape index (κ3) is 4.36. The highest BCUT2D eigenvalue weighted by Gasteiger charge is 2.42. The van der Waals surface area contributed by atoms with Gasteiger partial charge >= 0.3 is 12.3 Å². The molecule has 0 unspecified atom stereocenters. The molecule has 0 bridgehead atoms. The fourth-order valence-corrected chi connectivity index (χ4v) is 5.08. The number of fused-ring (bicyclic) bond motifs is 1. The molecule has 31 heavy (non-hydrogen) atoms. The number of carbonyl (C=O) groups is 1. The highest BCUT2D eigenvalue weighted by atomic mass is 19.4. The van der Waals surface area contributed by atoms with Crippen molar-refractivity contribution in [2.24, 2.45) is 11.8 Å². The lowest BCUT2D eigenvalue weighted by Crippen LogP contribution is -2.42. The maximum Gasteiger partial charge on any atom is 0.409 e. The number of aromatic nitrogens is 3. The van der Waals surface area contributed by atoms with Crippen LogP contribution in [-0.2, 0) is 4.74 Å². The maximum absolute atomic E-state index is 13.0. The molecule has 0 N–H and O–H groups in total. The van der Waals surface area contributed by atoms with Gasteiger partial charge in [-0.25, -0.2) is 14.3 Å². The van der Waals surface area contributed by atoms with E-state index in [0.717, 1.165) is 23.5 Å². The van der Waals surface area contributed by atoms with Crippen LogP contribution in [0.4, 0.5) is 18.0 Å². The number of ether oxygens (including phenoxy) is 1. The van der Waals surface area contributed by atoms with E-state index in [2.05, 4.69) is 11.9 Å². The number of alkyl halides is 3. The van der Waals surface area contributed by atoms with E-state index in [1.807, 2.05) is 23.6 Å². The Balaban J connectivity index is 1.62. The van der Waals surface area contributed by atoms with E-state index in [1.165, 1.54) is 7.11 Å². The van der Waals surface area contributed by atoms with Gasteiger partial charge in [-0.05, 0) is 51.0 Å². The summed E-state index contributed by atoms with van der Waals surface area (Å²) in [5, 5.41) is 4.80. The Hall–Kier alpha value is -2.32. The van der Waals surface area contributed by atoms with Crippen LogP contribution in [0.25, 0.3) is 5.65 Å². The Labute approximate surface area is 179 Å². The second kappa shape index (κ2) is 8.31. The molecule has 1 amide bonds. The minimum absolute atomic E-state index is 0.0174. The molecule has 2 aromatic heterocycles. The van der Waals surface area contributed by atoms with Crippen LogP contribution in [0.15, 0.2) is 12.1 Å². The number of piperidine rings is 1. The number of rotatable bonds is 2. The van der Waals surface area contributed by atoms with Crippen LogP contribution in [0.3, 0.4) is 0 Å². The molecule has 1 aliphatic carbocycles. The third-order valence-electron chi connectivity index (χ3n) is 6.98. The molecule has 3 heterocycles. The van der Waals surface area contributed by atoms with Gasteiger partial charge in [0, 0.05) is 36.7 Å². The van der Waals surface area contributed by atoms with Gasteiger partial charge in [0.2, 0.25) is 0 Å². The van der Waals surface area contributed by atoms with Crippen molar-refractivity contribution in [3.63, 3.8) is 0 Å². The summed E-state index contributed by atoms with van der Waals surface area (Å²) < 4.78 is 45.8. The van der Waals surface area contributed by atoms with Gasteiger partial charge in [0.25, 0.3) is 0 Å². The molecule has 9 heteroatoms. The average Bonchev–Trinajstić information content (AvgIpc) is 3.16. The van der Waals surface area contributed by atoms with E-state index in [0.29, 0.717) is 37.5 Å². The van der Waals surface area contributed by atoms with Crippen LogP contribution >= 0.6 is 0 Å². The lowest BCUT2D eigenvalue weighted by atomic mass is 9.80. The highest BCUT2D eigenvalue weighted by molar-refractivity contribution is 5.67. The van der Waals surface area contributed by atoms with Gasteiger partial charge in [0.05, 0.1) is 24.4 Å². The maximum atomic E-state index is 13.0. The number of hydrogen-bond acceptors (Lipinski definition) is 4. The van der Waals surface area contributed by atoms with E-state index < -0.39 is 12.1 Å². The SMILES string of the molecule is COC(=O)N1CC[C@H](C)[C@@H](c2cc(C)nc3cc(C4CCC(C(F)(F)F)CC4)nn23)C1. The molecule has 0 spiro atoms. The number of hydrogen-bond donors (Lipinski definition) is 0. The fourth-order valence-electron chi connectivity index (χ4n) is 5.08.